The normalized spacial score (nSPS) is 27.0. The zero-order valence-electron chi connectivity index (χ0n) is 15.4. The Morgan fingerprint density at radius 3 is 2.78 bits per heavy atom. The van der Waals surface area contributed by atoms with Crippen molar-refractivity contribution in [2.45, 2.75) is 44.5 Å². The van der Waals surface area contributed by atoms with Gasteiger partial charge in [0.15, 0.2) is 0 Å². The molecule has 0 spiro atoms. The first-order valence-corrected chi connectivity index (χ1v) is 8.83. The lowest BCUT2D eigenvalue weighted by Crippen LogP contribution is -2.35. The van der Waals surface area contributed by atoms with Crippen molar-refractivity contribution in [3.05, 3.63) is 47.6 Å². The van der Waals surface area contributed by atoms with Gasteiger partial charge in [-0.2, -0.15) is 0 Å². The maximum absolute atomic E-state index is 12.3. The molecule has 0 saturated carbocycles. The Bertz CT molecular complexity index is 688. The second-order valence-corrected chi connectivity index (χ2v) is 6.86. The van der Waals surface area contributed by atoms with Gasteiger partial charge < -0.3 is 24.8 Å². The van der Waals surface area contributed by atoms with Crippen LogP contribution in [0.25, 0.3) is 0 Å². The molecule has 148 valence electrons. The van der Waals surface area contributed by atoms with Gasteiger partial charge in [-0.1, -0.05) is 24.8 Å². The minimum absolute atomic E-state index is 0.163. The Morgan fingerprint density at radius 1 is 1.44 bits per heavy atom. The van der Waals surface area contributed by atoms with Gasteiger partial charge in [0.25, 0.3) is 0 Å². The predicted molar refractivity (Wildman–Crippen MR) is 97.4 cm³/mol. The number of hydrogen-bond donors (Lipinski definition) is 3. The molecule has 0 radical (unpaired) electrons. The molecule has 1 fully saturated rings. The van der Waals surface area contributed by atoms with Crippen molar-refractivity contribution in [1.82, 2.24) is 0 Å². The maximum Gasteiger partial charge on any atom is 0.336 e. The van der Waals surface area contributed by atoms with Crippen LogP contribution in [0.4, 0.5) is 0 Å². The molecule has 0 unspecified atom stereocenters. The van der Waals surface area contributed by atoms with Crippen molar-refractivity contribution in [3.8, 4) is 0 Å². The topological polar surface area (TPSA) is 113 Å². The molecule has 0 aromatic carbocycles. The van der Waals surface area contributed by atoms with Crippen LogP contribution in [0, 0.1) is 5.92 Å². The minimum atomic E-state index is -1.42. The predicted octanol–water partition coefficient (Wildman–Crippen LogP) is 0.954. The van der Waals surface area contributed by atoms with Crippen molar-refractivity contribution >= 4 is 11.9 Å². The molecule has 7 heteroatoms. The standard InChI is InChI=1S/C20H26O7/c1-11-5-4-6-14(9-21)8-17-18(13(3)20(25)27-17)16(7-11)26-19(24)12(2)15(23)10-22/h5,8,15-18,21-23H,2-4,6-7,9-10H2,1H3/t15-,16+,17-,18+/m1/s1. The molecule has 1 aliphatic carbocycles. The number of allylic oxidation sites excluding steroid dienone is 1. The molecule has 0 amide bonds. The summed E-state index contributed by atoms with van der Waals surface area (Å²) in [6, 6.07) is 0. The van der Waals surface area contributed by atoms with Crippen LogP contribution >= 0.6 is 0 Å². The lowest BCUT2D eigenvalue weighted by atomic mass is 9.85. The van der Waals surface area contributed by atoms with E-state index < -0.39 is 42.8 Å². The van der Waals surface area contributed by atoms with Crippen LogP contribution in [0.15, 0.2) is 47.6 Å². The Morgan fingerprint density at radius 2 is 2.15 bits per heavy atom. The highest BCUT2D eigenvalue weighted by Gasteiger charge is 2.44. The fourth-order valence-corrected chi connectivity index (χ4v) is 3.23. The highest BCUT2D eigenvalue weighted by atomic mass is 16.6. The summed E-state index contributed by atoms with van der Waals surface area (Å²) < 4.78 is 10.9. The molecule has 1 aliphatic heterocycles. The van der Waals surface area contributed by atoms with E-state index >= 15 is 0 Å². The molecule has 1 heterocycles. The summed E-state index contributed by atoms with van der Waals surface area (Å²) >= 11 is 0. The molecule has 1 saturated heterocycles. The van der Waals surface area contributed by atoms with Crippen LogP contribution in [-0.4, -0.2) is 58.8 Å². The first-order valence-electron chi connectivity index (χ1n) is 8.83. The van der Waals surface area contributed by atoms with E-state index in [-0.39, 0.29) is 17.8 Å². The summed E-state index contributed by atoms with van der Waals surface area (Å²) in [5.74, 6) is -2.05. The van der Waals surface area contributed by atoms with Crippen LogP contribution in [0.2, 0.25) is 0 Å². The van der Waals surface area contributed by atoms with E-state index in [2.05, 4.69) is 13.2 Å². The molecular weight excluding hydrogens is 352 g/mol. The summed E-state index contributed by atoms with van der Waals surface area (Å²) in [6.45, 7) is 8.32. The molecule has 27 heavy (non-hydrogen) atoms. The Labute approximate surface area is 158 Å². The van der Waals surface area contributed by atoms with Crippen LogP contribution in [0.1, 0.15) is 26.2 Å². The molecular formula is C20H26O7. The Hall–Kier alpha value is -2.22. The van der Waals surface area contributed by atoms with E-state index in [0.29, 0.717) is 19.3 Å². The first kappa shape index (κ1) is 21.1. The third kappa shape index (κ3) is 4.94. The first-order chi connectivity index (χ1) is 12.8. The van der Waals surface area contributed by atoms with E-state index in [0.717, 1.165) is 11.1 Å². The van der Waals surface area contributed by atoms with Gasteiger partial charge in [0.05, 0.1) is 24.7 Å². The third-order valence-electron chi connectivity index (χ3n) is 4.84. The van der Waals surface area contributed by atoms with E-state index in [1.54, 1.807) is 6.08 Å². The van der Waals surface area contributed by atoms with Crippen molar-refractivity contribution in [3.63, 3.8) is 0 Å². The van der Waals surface area contributed by atoms with Crippen molar-refractivity contribution < 1.29 is 34.4 Å². The average Bonchev–Trinajstić information content (AvgIpc) is 2.92. The molecule has 7 nitrogen and oxygen atoms in total. The number of esters is 2. The summed E-state index contributed by atoms with van der Waals surface area (Å²) in [7, 11) is 0. The van der Waals surface area contributed by atoms with Crippen LogP contribution in [0.3, 0.4) is 0 Å². The number of aliphatic hydroxyl groups excluding tert-OH is 3. The third-order valence-corrected chi connectivity index (χ3v) is 4.84. The van der Waals surface area contributed by atoms with Crippen molar-refractivity contribution in [2.24, 2.45) is 5.92 Å². The van der Waals surface area contributed by atoms with Crippen molar-refractivity contribution in [1.29, 1.82) is 0 Å². The Balaban J connectivity index is 2.36. The highest BCUT2D eigenvalue weighted by Crippen LogP contribution is 2.36. The number of aliphatic hydroxyl groups is 3. The van der Waals surface area contributed by atoms with Gasteiger partial charge in [0.2, 0.25) is 0 Å². The largest absolute Gasteiger partial charge is 0.458 e. The molecule has 0 bridgehead atoms. The summed E-state index contributed by atoms with van der Waals surface area (Å²) in [6.07, 6.45) is 2.46. The maximum atomic E-state index is 12.3. The quantitative estimate of drug-likeness (QED) is 0.371. The molecule has 4 atom stereocenters. The summed E-state index contributed by atoms with van der Waals surface area (Å²) in [5.41, 5.74) is 1.60. The summed E-state index contributed by atoms with van der Waals surface area (Å²) in [4.78, 5) is 24.4. The zero-order chi connectivity index (χ0) is 20.1. The van der Waals surface area contributed by atoms with Crippen molar-refractivity contribution in [2.75, 3.05) is 13.2 Å². The zero-order valence-corrected chi connectivity index (χ0v) is 15.4. The number of hydrogen-bond acceptors (Lipinski definition) is 7. The monoisotopic (exact) mass is 378 g/mol. The SMILES string of the molecule is C=C1C(=O)O[C@@H]2C=C(CO)CCC=C(C)C[C@H](OC(=O)C(=C)[C@H](O)CO)[C@H]12. The van der Waals surface area contributed by atoms with E-state index in [4.69, 9.17) is 14.6 Å². The second kappa shape index (κ2) is 9.12. The van der Waals surface area contributed by atoms with E-state index in [1.807, 2.05) is 13.0 Å². The average molecular weight is 378 g/mol. The van der Waals surface area contributed by atoms with Gasteiger partial charge in [-0.15, -0.1) is 0 Å². The molecule has 2 rings (SSSR count). The highest BCUT2D eigenvalue weighted by molar-refractivity contribution is 5.92. The molecule has 2 aliphatic rings. The Kier molecular flexibility index (Phi) is 7.12. The van der Waals surface area contributed by atoms with Crippen LogP contribution < -0.4 is 0 Å². The van der Waals surface area contributed by atoms with Crippen LogP contribution in [-0.2, 0) is 19.1 Å². The number of carbonyl (C=O) groups is 2. The van der Waals surface area contributed by atoms with Gasteiger partial charge in [-0.25, -0.2) is 9.59 Å². The lowest BCUT2D eigenvalue weighted by molar-refractivity contribution is -0.148. The fourth-order valence-electron chi connectivity index (χ4n) is 3.23. The smallest absolute Gasteiger partial charge is 0.336 e. The fraction of sp³-hybridized carbons (Fsp3) is 0.500. The lowest BCUT2D eigenvalue weighted by Gasteiger charge is -2.28. The van der Waals surface area contributed by atoms with E-state index in [1.165, 1.54) is 0 Å². The molecule has 3 N–H and O–H groups in total. The number of rotatable bonds is 5. The van der Waals surface area contributed by atoms with Gasteiger partial charge >= 0.3 is 11.9 Å². The van der Waals surface area contributed by atoms with Gasteiger partial charge in [-0.3, -0.25) is 0 Å². The number of carbonyl (C=O) groups excluding carboxylic acids is 2. The second-order valence-electron chi connectivity index (χ2n) is 6.86. The van der Waals surface area contributed by atoms with Crippen LogP contribution in [0.5, 0.6) is 0 Å². The van der Waals surface area contributed by atoms with Gasteiger partial charge in [0, 0.05) is 12.0 Å². The summed E-state index contributed by atoms with van der Waals surface area (Å²) in [5, 5.41) is 28.2. The van der Waals surface area contributed by atoms with E-state index in [9.17, 15) is 19.8 Å². The van der Waals surface area contributed by atoms with Gasteiger partial charge in [0.1, 0.15) is 18.3 Å². The minimum Gasteiger partial charge on any atom is -0.458 e. The molecule has 0 aromatic rings. The van der Waals surface area contributed by atoms with Gasteiger partial charge in [-0.05, 0) is 31.4 Å². The number of ether oxygens (including phenoxy) is 2. The number of fused-ring (bicyclic) bond motifs is 1. The molecule has 0 aromatic heterocycles.